The van der Waals surface area contributed by atoms with Gasteiger partial charge in [0.2, 0.25) is 0 Å². The van der Waals surface area contributed by atoms with E-state index in [0.717, 1.165) is 44.9 Å². The van der Waals surface area contributed by atoms with Gasteiger partial charge in [0.1, 0.15) is 0 Å². The van der Waals surface area contributed by atoms with E-state index in [1.807, 2.05) is 12.3 Å². The van der Waals surface area contributed by atoms with Gasteiger partial charge >= 0.3 is 0 Å². The molecule has 96 valence electrons. The highest BCUT2D eigenvalue weighted by atomic mass is 16.5. The van der Waals surface area contributed by atoms with Gasteiger partial charge in [-0.2, -0.15) is 0 Å². The van der Waals surface area contributed by atoms with Crippen molar-refractivity contribution in [1.82, 2.24) is 9.88 Å². The zero-order valence-corrected chi connectivity index (χ0v) is 10.9. The molecule has 0 atom stereocenters. The molecular weight excluding hydrogens is 214 g/mol. The maximum Gasteiger partial charge on any atom is 0.0589 e. The zero-order valence-electron chi connectivity index (χ0n) is 10.9. The van der Waals surface area contributed by atoms with Crippen LogP contribution in [0.2, 0.25) is 0 Å². The van der Waals surface area contributed by atoms with Crippen molar-refractivity contribution in [3.63, 3.8) is 0 Å². The molecule has 0 amide bonds. The summed E-state index contributed by atoms with van der Waals surface area (Å²) in [5, 5.41) is 0. The van der Waals surface area contributed by atoms with Crippen LogP contribution in [0.5, 0.6) is 0 Å². The van der Waals surface area contributed by atoms with Gasteiger partial charge in [-0.05, 0) is 38.1 Å². The van der Waals surface area contributed by atoms with Crippen LogP contribution in [0.4, 0.5) is 0 Å². The van der Waals surface area contributed by atoms with Gasteiger partial charge in [-0.15, -0.1) is 0 Å². The number of methoxy groups -OCH3 is 1. The number of ether oxygens (including phenoxy) is 1. The van der Waals surface area contributed by atoms with E-state index < -0.39 is 0 Å². The number of hydrogen-bond acceptors (Lipinski definition) is 4. The molecule has 0 unspecified atom stereocenters. The molecule has 0 saturated heterocycles. The Bertz CT molecular complexity index is 309. The topological polar surface area (TPSA) is 51.4 Å². The second-order valence-corrected chi connectivity index (χ2v) is 4.18. The van der Waals surface area contributed by atoms with E-state index in [9.17, 15) is 0 Å². The van der Waals surface area contributed by atoms with E-state index in [1.54, 1.807) is 7.11 Å². The van der Waals surface area contributed by atoms with Crippen LogP contribution in [0.3, 0.4) is 0 Å². The van der Waals surface area contributed by atoms with Crippen molar-refractivity contribution >= 4 is 0 Å². The van der Waals surface area contributed by atoms with Crippen LogP contribution in [-0.4, -0.2) is 43.2 Å². The molecule has 0 aromatic carbocycles. The molecule has 0 radical (unpaired) electrons. The number of pyridine rings is 1. The molecule has 0 aliphatic rings. The summed E-state index contributed by atoms with van der Waals surface area (Å²) >= 11 is 0. The largest absolute Gasteiger partial charge is 0.383 e. The van der Waals surface area contributed by atoms with Crippen molar-refractivity contribution in [2.75, 3.05) is 33.4 Å². The molecule has 4 heteroatoms. The number of nitrogens with two attached hydrogens (primary N) is 1. The monoisotopic (exact) mass is 237 g/mol. The molecule has 1 aromatic heterocycles. The maximum atomic E-state index is 5.56. The highest BCUT2D eigenvalue weighted by Crippen LogP contribution is 2.07. The minimum atomic E-state index is 0.727. The molecule has 1 heterocycles. The van der Waals surface area contributed by atoms with Crippen LogP contribution in [0.1, 0.15) is 17.7 Å². The lowest BCUT2D eigenvalue weighted by molar-refractivity contribution is 0.142. The van der Waals surface area contributed by atoms with Crippen LogP contribution in [0.25, 0.3) is 0 Å². The van der Waals surface area contributed by atoms with E-state index in [1.165, 1.54) is 5.56 Å². The summed E-state index contributed by atoms with van der Waals surface area (Å²) in [6.07, 6.45) is 2.86. The van der Waals surface area contributed by atoms with Crippen LogP contribution in [0, 0.1) is 6.92 Å². The summed E-state index contributed by atoms with van der Waals surface area (Å²) < 4.78 is 5.13. The third-order valence-electron chi connectivity index (χ3n) is 2.78. The molecule has 0 fully saturated rings. The van der Waals surface area contributed by atoms with E-state index in [-0.39, 0.29) is 0 Å². The number of nitrogens with zero attached hydrogens (tertiary/aromatic N) is 2. The molecule has 1 rings (SSSR count). The lowest BCUT2D eigenvalue weighted by Crippen LogP contribution is -2.30. The first-order valence-electron chi connectivity index (χ1n) is 6.09. The predicted molar refractivity (Wildman–Crippen MR) is 69.8 cm³/mol. The summed E-state index contributed by atoms with van der Waals surface area (Å²) in [5.41, 5.74) is 7.93. The van der Waals surface area contributed by atoms with Crippen molar-refractivity contribution in [3.8, 4) is 0 Å². The first-order chi connectivity index (χ1) is 8.27. The van der Waals surface area contributed by atoms with Gasteiger partial charge in [0.15, 0.2) is 0 Å². The second-order valence-electron chi connectivity index (χ2n) is 4.18. The van der Waals surface area contributed by atoms with Gasteiger partial charge in [-0.1, -0.05) is 6.07 Å². The first-order valence-corrected chi connectivity index (χ1v) is 6.09. The summed E-state index contributed by atoms with van der Waals surface area (Å²) in [4.78, 5) is 6.76. The van der Waals surface area contributed by atoms with Crippen LogP contribution in [-0.2, 0) is 11.3 Å². The number of aromatic nitrogens is 1. The van der Waals surface area contributed by atoms with Crippen molar-refractivity contribution in [1.29, 1.82) is 0 Å². The molecule has 1 aromatic rings. The predicted octanol–water partition coefficient (Wildman–Crippen LogP) is 1.19. The maximum absolute atomic E-state index is 5.56. The van der Waals surface area contributed by atoms with Gasteiger partial charge in [0, 0.05) is 26.4 Å². The minimum Gasteiger partial charge on any atom is -0.383 e. The van der Waals surface area contributed by atoms with Gasteiger partial charge in [0.05, 0.1) is 12.3 Å². The molecule has 0 aliphatic heterocycles. The lowest BCUT2D eigenvalue weighted by Gasteiger charge is -2.21. The Kier molecular flexibility index (Phi) is 6.77. The smallest absolute Gasteiger partial charge is 0.0589 e. The van der Waals surface area contributed by atoms with E-state index >= 15 is 0 Å². The summed E-state index contributed by atoms with van der Waals surface area (Å²) in [7, 11) is 1.73. The van der Waals surface area contributed by atoms with Gasteiger partial charge in [0.25, 0.3) is 0 Å². The number of rotatable bonds is 8. The highest BCUT2D eigenvalue weighted by molar-refractivity contribution is 5.17. The molecule has 0 bridgehead atoms. The third-order valence-corrected chi connectivity index (χ3v) is 2.78. The highest BCUT2D eigenvalue weighted by Gasteiger charge is 2.07. The first kappa shape index (κ1) is 14.1. The number of aryl methyl sites for hydroxylation is 1. The fourth-order valence-corrected chi connectivity index (χ4v) is 1.70. The fourth-order valence-electron chi connectivity index (χ4n) is 1.70. The van der Waals surface area contributed by atoms with Gasteiger partial charge in [-0.3, -0.25) is 9.88 Å². The Hall–Kier alpha value is -0.970. The average Bonchev–Trinajstić information content (AvgIpc) is 2.35. The second kappa shape index (κ2) is 8.17. The Labute approximate surface area is 104 Å². The SMILES string of the molecule is COCCN(CCCN)Cc1ncccc1C. The Morgan fingerprint density at radius 2 is 2.24 bits per heavy atom. The normalized spacial score (nSPS) is 11.1. The summed E-state index contributed by atoms with van der Waals surface area (Å²) in [6.45, 7) is 6.36. The molecule has 0 aliphatic carbocycles. The standard InChI is InChI=1S/C13H23N3O/c1-12-5-3-7-15-13(12)11-16(8-4-6-14)9-10-17-2/h3,5,7H,4,6,8-11,14H2,1-2H3. The number of hydrogen-bond donors (Lipinski definition) is 1. The Morgan fingerprint density at radius 1 is 1.41 bits per heavy atom. The van der Waals surface area contributed by atoms with Crippen molar-refractivity contribution in [2.45, 2.75) is 19.9 Å². The quantitative estimate of drug-likeness (QED) is 0.738. The van der Waals surface area contributed by atoms with Crippen molar-refractivity contribution in [2.24, 2.45) is 5.73 Å². The van der Waals surface area contributed by atoms with Gasteiger partial charge < -0.3 is 10.5 Å². The molecule has 17 heavy (non-hydrogen) atoms. The van der Waals surface area contributed by atoms with Gasteiger partial charge in [-0.25, -0.2) is 0 Å². The van der Waals surface area contributed by atoms with Crippen LogP contribution >= 0.6 is 0 Å². The molecular formula is C13H23N3O. The summed E-state index contributed by atoms with van der Waals surface area (Å²) in [6, 6.07) is 4.07. The Balaban J connectivity index is 2.55. The minimum absolute atomic E-state index is 0.727. The van der Waals surface area contributed by atoms with E-state index in [0.29, 0.717) is 0 Å². The van der Waals surface area contributed by atoms with E-state index in [2.05, 4.69) is 22.9 Å². The third kappa shape index (κ3) is 5.26. The molecule has 0 spiro atoms. The van der Waals surface area contributed by atoms with Crippen LogP contribution < -0.4 is 5.73 Å². The Morgan fingerprint density at radius 3 is 2.88 bits per heavy atom. The zero-order chi connectivity index (χ0) is 12.5. The average molecular weight is 237 g/mol. The van der Waals surface area contributed by atoms with Crippen molar-refractivity contribution in [3.05, 3.63) is 29.6 Å². The summed E-state index contributed by atoms with van der Waals surface area (Å²) in [5.74, 6) is 0. The molecule has 4 nitrogen and oxygen atoms in total. The van der Waals surface area contributed by atoms with Crippen LogP contribution in [0.15, 0.2) is 18.3 Å². The van der Waals surface area contributed by atoms with E-state index in [4.69, 9.17) is 10.5 Å². The fraction of sp³-hybridized carbons (Fsp3) is 0.615. The van der Waals surface area contributed by atoms with Crippen molar-refractivity contribution < 1.29 is 4.74 Å². The molecule has 0 saturated carbocycles. The molecule has 2 N–H and O–H groups in total. The lowest BCUT2D eigenvalue weighted by atomic mass is 10.2.